The van der Waals surface area contributed by atoms with Crippen LogP contribution in [0.4, 0.5) is 5.88 Å². The highest BCUT2D eigenvalue weighted by atomic mass is 32.2. The number of aryl methyl sites for hydroxylation is 1. The number of hydrogen-bond acceptors (Lipinski definition) is 8. The molecule has 1 unspecified atom stereocenters. The van der Waals surface area contributed by atoms with Crippen LogP contribution >= 0.6 is 0 Å². The Morgan fingerprint density at radius 1 is 1.31 bits per heavy atom. The number of anilines is 1. The summed E-state index contributed by atoms with van der Waals surface area (Å²) < 4.78 is 40.1. The number of carbonyl (C=O) groups excluding carboxylic acids is 1. The minimum atomic E-state index is -3.70. The van der Waals surface area contributed by atoms with E-state index in [1.54, 1.807) is 19.2 Å². The summed E-state index contributed by atoms with van der Waals surface area (Å²) in [6.45, 7) is 9.25. The number of oxazole rings is 1. The molecular weight excluding hydrogens is 398 g/mol. The van der Waals surface area contributed by atoms with E-state index in [-0.39, 0.29) is 17.6 Å². The summed E-state index contributed by atoms with van der Waals surface area (Å²) in [5, 5.41) is 6.55. The van der Waals surface area contributed by atoms with Gasteiger partial charge in [-0.2, -0.15) is 0 Å². The molecule has 1 aliphatic rings. The lowest BCUT2D eigenvalue weighted by Crippen LogP contribution is -2.46. The van der Waals surface area contributed by atoms with Gasteiger partial charge in [-0.05, 0) is 40.0 Å². The lowest BCUT2D eigenvalue weighted by molar-refractivity contribution is -0.118. The van der Waals surface area contributed by atoms with Crippen LogP contribution in [0, 0.1) is 12.8 Å². The Bertz CT molecular complexity index is 983. The molecule has 0 aromatic carbocycles. The van der Waals surface area contributed by atoms with Gasteiger partial charge in [-0.1, -0.05) is 5.16 Å². The van der Waals surface area contributed by atoms with Crippen molar-refractivity contribution in [3.05, 3.63) is 29.6 Å². The predicted molar refractivity (Wildman–Crippen MR) is 105 cm³/mol. The maximum absolute atomic E-state index is 12.8. The minimum Gasteiger partial charge on any atom is -0.445 e. The molecule has 3 heterocycles. The molecule has 0 spiro atoms. The first-order valence-corrected chi connectivity index (χ1v) is 11.1. The molecule has 2 aromatic rings. The van der Waals surface area contributed by atoms with Crippen molar-refractivity contribution in [2.75, 3.05) is 24.3 Å². The molecule has 1 amide bonds. The van der Waals surface area contributed by atoms with Crippen molar-refractivity contribution in [3.8, 4) is 0 Å². The van der Waals surface area contributed by atoms with Crippen LogP contribution < -0.4 is 5.32 Å². The Kier molecular flexibility index (Phi) is 5.61. The standard InChI is InChI=1S/C19H27N3O6S/c1-12-20-9-15(27-12)18(2,3)14-8-16(28-22-14)21-17(23)19(4,5)29(24,25)11-13-6-7-26-10-13/h8-9,13H,6-7,10-11H2,1-5H3,(H,21,23). The van der Waals surface area contributed by atoms with Crippen molar-refractivity contribution in [2.45, 2.75) is 51.2 Å². The van der Waals surface area contributed by atoms with Crippen LogP contribution in [0.2, 0.25) is 0 Å². The zero-order chi connectivity index (χ0) is 21.4. The van der Waals surface area contributed by atoms with Gasteiger partial charge < -0.3 is 13.7 Å². The molecular formula is C19H27N3O6S. The number of nitrogens with zero attached hydrogens (tertiary/aromatic N) is 2. The molecule has 1 N–H and O–H groups in total. The first-order chi connectivity index (χ1) is 13.4. The van der Waals surface area contributed by atoms with E-state index in [1.165, 1.54) is 13.8 Å². The predicted octanol–water partition coefficient (Wildman–Crippen LogP) is 2.47. The van der Waals surface area contributed by atoms with Gasteiger partial charge in [0.05, 0.1) is 29.7 Å². The third-order valence-corrected chi connectivity index (χ3v) is 8.08. The Morgan fingerprint density at radius 2 is 2.03 bits per heavy atom. The van der Waals surface area contributed by atoms with Crippen LogP contribution in [0.3, 0.4) is 0 Å². The number of aromatic nitrogens is 2. The molecule has 10 heteroatoms. The van der Waals surface area contributed by atoms with Crippen molar-refractivity contribution in [2.24, 2.45) is 5.92 Å². The van der Waals surface area contributed by atoms with Gasteiger partial charge in [0.15, 0.2) is 15.7 Å². The van der Waals surface area contributed by atoms with Crippen LogP contribution in [0.1, 0.15) is 51.5 Å². The summed E-state index contributed by atoms with van der Waals surface area (Å²) in [5.41, 5.74) is -0.120. The number of rotatable bonds is 7. The van der Waals surface area contributed by atoms with Crippen LogP contribution in [0.15, 0.2) is 21.2 Å². The van der Waals surface area contributed by atoms with Gasteiger partial charge in [0.1, 0.15) is 10.5 Å². The lowest BCUT2D eigenvalue weighted by atomic mass is 9.87. The molecule has 1 atom stereocenters. The van der Waals surface area contributed by atoms with E-state index in [0.717, 1.165) is 0 Å². The Labute approximate surface area is 170 Å². The molecule has 160 valence electrons. The van der Waals surface area contributed by atoms with Gasteiger partial charge in [-0.3, -0.25) is 10.1 Å². The number of amides is 1. The molecule has 2 aromatic heterocycles. The highest BCUT2D eigenvalue weighted by molar-refractivity contribution is 7.93. The van der Waals surface area contributed by atoms with Crippen LogP contribution in [0.25, 0.3) is 0 Å². The normalized spacial score (nSPS) is 18.2. The van der Waals surface area contributed by atoms with E-state index in [4.69, 9.17) is 13.7 Å². The third kappa shape index (κ3) is 4.23. The van der Waals surface area contributed by atoms with E-state index in [9.17, 15) is 13.2 Å². The molecule has 0 saturated carbocycles. The topological polar surface area (TPSA) is 125 Å². The molecule has 9 nitrogen and oxygen atoms in total. The van der Waals surface area contributed by atoms with Crippen LogP contribution in [-0.4, -0.2) is 48.2 Å². The molecule has 0 radical (unpaired) electrons. The largest absolute Gasteiger partial charge is 0.445 e. The molecule has 1 aliphatic heterocycles. The SMILES string of the molecule is Cc1ncc(C(C)(C)c2cc(NC(=O)C(C)(C)S(=O)(=O)CC3CCOC3)on2)o1. The summed E-state index contributed by atoms with van der Waals surface area (Å²) >= 11 is 0. The highest BCUT2D eigenvalue weighted by Gasteiger charge is 2.43. The Balaban J connectivity index is 1.73. The van der Waals surface area contributed by atoms with E-state index >= 15 is 0 Å². The number of ether oxygens (including phenoxy) is 1. The first-order valence-electron chi connectivity index (χ1n) is 9.45. The fourth-order valence-corrected chi connectivity index (χ4v) is 4.68. The molecule has 3 rings (SSSR count). The molecule has 29 heavy (non-hydrogen) atoms. The number of carbonyl (C=O) groups is 1. The van der Waals surface area contributed by atoms with E-state index in [1.807, 2.05) is 13.8 Å². The van der Waals surface area contributed by atoms with Gasteiger partial charge >= 0.3 is 0 Å². The van der Waals surface area contributed by atoms with Gasteiger partial charge in [0.2, 0.25) is 11.8 Å². The van der Waals surface area contributed by atoms with Gasteiger partial charge in [-0.25, -0.2) is 13.4 Å². The van der Waals surface area contributed by atoms with Crippen molar-refractivity contribution in [1.29, 1.82) is 0 Å². The first kappa shape index (κ1) is 21.5. The van der Waals surface area contributed by atoms with Crippen LogP contribution in [0.5, 0.6) is 0 Å². The summed E-state index contributed by atoms with van der Waals surface area (Å²) in [7, 11) is -3.70. The maximum Gasteiger partial charge on any atom is 0.247 e. The van der Waals surface area contributed by atoms with E-state index < -0.39 is 25.9 Å². The van der Waals surface area contributed by atoms with Gasteiger partial charge in [0.25, 0.3) is 0 Å². The average molecular weight is 426 g/mol. The van der Waals surface area contributed by atoms with Gasteiger partial charge in [0, 0.05) is 19.6 Å². The second-order valence-corrected chi connectivity index (χ2v) is 11.0. The molecule has 1 saturated heterocycles. The monoisotopic (exact) mass is 425 g/mol. The number of hydrogen-bond donors (Lipinski definition) is 1. The third-order valence-electron chi connectivity index (χ3n) is 5.43. The zero-order valence-corrected chi connectivity index (χ0v) is 18.1. The molecule has 0 aliphatic carbocycles. The van der Waals surface area contributed by atoms with Crippen molar-refractivity contribution < 1.29 is 26.9 Å². The van der Waals surface area contributed by atoms with Crippen molar-refractivity contribution >= 4 is 21.6 Å². The fraction of sp³-hybridized carbons (Fsp3) is 0.632. The summed E-state index contributed by atoms with van der Waals surface area (Å²) in [4.78, 5) is 16.8. The second-order valence-electron chi connectivity index (χ2n) is 8.42. The minimum absolute atomic E-state index is 0.0711. The maximum atomic E-state index is 12.8. The number of nitrogens with one attached hydrogen (secondary N) is 1. The van der Waals surface area contributed by atoms with Gasteiger partial charge in [-0.15, -0.1) is 0 Å². The Morgan fingerprint density at radius 3 is 2.62 bits per heavy atom. The van der Waals surface area contributed by atoms with Crippen LogP contribution in [-0.2, 0) is 24.8 Å². The van der Waals surface area contributed by atoms with Crippen molar-refractivity contribution in [1.82, 2.24) is 10.1 Å². The summed E-state index contributed by atoms with van der Waals surface area (Å²) in [6.07, 6.45) is 2.29. The smallest absolute Gasteiger partial charge is 0.247 e. The summed E-state index contributed by atoms with van der Waals surface area (Å²) in [5.74, 6) is 0.351. The zero-order valence-electron chi connectivity index (χ0n) is 17.3. The van der Waals surface area contributed by atoms with E-state index in [2.05, 4.69) is 15.5 Å². The quantitative estimate of drug-likeness (QED) is 0.717. The second kappa shape index (κ2) is 7.56. The molecule has 1 fully saturated rings. The average Bonchev–Trinajstić information content (AvgIpc) is 3.36. The molecule has 0 bridgehead atoms. The Hall–Kier alpha value is -2.20. The lowest BCUT2D eigenvalue weighted by Gasteiger charge is -2.24. The fourth-order valence-electron chi connectivity index (χ4n) is 3.04. The van der Waals surface area contributed by atoms with E-state index in [0.29, 0.717) is 37.0 Å². The number of sulfone groups is 1. The summed E-state index contributed by atoms with van der Waals surface area (Å²) in [6, 6.07) is 1.56. The van der Waals surface area contributed by atoms with Crippen molar-refractivity contribution in [3.63, 3.8) is 0 Å². The highest BCUT2D eigenvalue weighted by Crippen LogP contribution is 2.33.